The molecule has 0 amide bonds. The second-order valence-corrected chi connectivity index (χ2v) is 2.63. The van der Waals surface area contributed by atoms with Gasteiger partial charge in [0.1, 0.15) is 5.02 Å². The van der Waals surface area contributed by atoms with Gasteiger partial charge in [0.2, 0.25) is 0 Å². The number of H-pyrrole nitrogens is 1. The molecule has 0 aliphatic heterocycles. The summed E-state index contributed by atoms with van der Waals surface area (Å²) in [4.78, 5) is 10.8. The summed E-state index contributed by atoms with van der Waals surface area (Å²) in [5.74, 6) is -1.03. The van der Waals surface area contributed by atoms with E-state index in [2.05, 4.69) is 9.84 Å². The standard InChI is InChI=1S/C6H4ClF3N2O2/c1-14-5(13)3-2(7)4(12-11-3)6(8,9)10/h1H3,(H,11,12). The van der Waals surface area contributed by atoms with Gasteiger partial charge in [-0.1, -0.05) is 11.6 Å². The zero-order valence-corrected chi connectivity index (χ0v) is 7.53. The van der Waals surface area contributed by atoms with Crippen molar-refractivity contribution in [1.82, 2.24) is 10.2 Å². The van der Waals surface area contributed by atoms with Crippen molar-refractivity contribution in [1.29, 1.82) is 0 Å². The van der Waals surface area contributed by atoms with E-state index in [9.17, 15) is 18.0 Å². The molecule has 0 atom stereocenters. The quantitative estimate of drug-likeness (QED) is 0.747. The fraction of sp³-hybridized carbons (Fsp3) is 0.333. The molecule has 0 bridgehead atoms. The number of ether oxygens (including phenoxy) is 1. The van der Waals surface area contributed by atoms with Crippen molar-refractivity contribution in [3.05, 3.63) is 16.4 Å². The van der Waals surface area contributed by atoms with E-state index in [0.29, 0.717) is 0 Å². The van der Waals surface area contributed by atoms with Crippen LogP contribution in [0.15, 0.2) is 0 Å². The lowest BCUT2D eigenvalue weighted by molar-refractivity contribution is -0.141. The maximum atomic E-state index is 12.1. The maximum Gasteiger partial charge on any atom is 0.434 e. The summed E-state index contributed by atoms with van der Waals surface area (Å²) in [6, 6.07) is 0. The lowest BCUT2D eigenvalue weighted by Crippen LogP contribution is -2.06. The highest BCUT2D eigenvalue weighted by molar-refractivity contribution is 6.34. The van der Waals surface area contributed by atoms with E-state index >= 15 is 0 Å². The van der Waals surface area contributed by atoms with E-state index in [-0.39, 0.29) is 0 Å². The van der Waals surface area contributed by atoms with Gasteiger partial charge in [-0.25, -0.2) is 4.79 Å². The van der Waals surface area contributed by atoms with Crippen LogP contribution in [0.3, 0.4) is 0 Å². The Morgan fingerprint density at radius 3 is 2.50 bits per heavy atom. The first-order valence-corrected chi connectivity index (χ1v) is 3.65. The zero-order chi connectivity index (χ0) is 10.9. The number of aromatic nitrogens is 2. The molecule has 1 heterocycles. The molecule has 8 heteroatoms. The van der Waals surface area contributed by atoms with E-state index in [4.69, 9.17) is 11.6 Å². The van der Waals surface area contributed by atoms with E-state index in [1.54, 1.807) is 5.10 Å². The van der Waals surface area contributed by atoms with Crippen LogP contribution in [0.4, 0.5) is 13.2 Å². The van der Waals surface area contributed by atoms with Crippen LogP contribution in [0, 0.1) is 0 Å². The van der Waals surface area contributed by atoms with Crippen molar-refractivity contribution < 1.29 is 22.7 Å². The van der Waals surface area contributed by atoms with Gasteiger partial charge in [-0.3, -0.25) is 5.10 Å². The molecule has 1 rings (SSSR count). The SMILES string of the molecule is COC(=O)c1n[nH]c(C(F)(F)F)c1Cl. The monoisotopic (exact) mass is 228 g/mol. The van der Waals surface area contributed by atoms with Crippen LogP contribution in [-0.2, 0) is 10.9 Å². The highest BCUT2D eigenvalue weighted by Gasteiger charge is 2.38. The minimum absolute atomic E-state index is 0.582. The van der Waals surface area contributed by atoms with Crippen molar-refractivity contribution in [2.45, 2.75) is 6.18 Å². The lowest BCUT2D eigenvalue weighted by atomic mass is 10.3. The van der Waals surface area contributed by atoms with Crippen molar-refractivity contribution in [2.24, 2.45) is 0 Å². The predicted molar refractivity (Wildman–Crippen MR) is 39.9 cm³/mol. The number of halogens is 4. The molecule has 1 aromatic heterocycles. The van der Waals surface area contributed by atoms with E-state index < -0.39 is 28.6 Å². The molecule has 0 aliphatic carbocycles. The molecule has 0 aromatic carbocycles. The largest absolute Gasteiger partial charge is 0.464 e. The number of hydrogen-bond acceptors (Lipinski definition) is 3. The van der Waals surface area contributed by atoms with Gasteiger partial charge in [-0.2, -0.15) is 18.3 Å². The first-order chi connectivity index (χ1) is 6.38. The summed E-state index contributed by atoms with van der Waals surface area (Å²) < 4.78 is 40.5. The first kappa shape index (κ1) is 10.8. The summed E-state index contributed by atoms with van der Waals surface area (Å²) >= 11 is 5.27. The van der Waals surface area contributed by atoms with Crippen LogP contribution in [0.25, 0.3) is 0 Å². The summed E-state index contributed by atoms with van der Waals surface area (Å²) in [6.45, 7) is 0. The van der Waals surface area contributed by atoms with Crippen LogP contribution in [-0.4, -0.2) is 23.3 Å². The number of nitrogens with zero attached hydrogens (tertiary/aromatic N) is 1. The summed E-state index contributed by atoms with van der Waals surface area (Å²) in [5.41, 5.74) is -1.85. The Morgan fingerprint density at radius 2 is 2.14 bits per heavy atom. The Hall–Kier alpha value is -1.24. The highest BCUT2D eigenvalue weighted by atomic mass is 35.5. The van der Waals surface area contributed by atoms with Gasteiger partial charge in [0, 0.05) is 0 Å². The Morgan fingerprint density at radius 1 is 1.57 bits per heavy atom. The number of methoxy groups -OCH3 is 1. The fourth-order valence-electron chi connectivity index (χ4n) is 0.748. The van der Waals surface area contributed by atoms with Gasteiger partial charge >= 0.3 is 12.1 Å². The second kappa shape index (κ2) is 3.49. The molecule has 1 aromatic rings. The van der Waals surface area contributed by atoms with Crippen LogP contribution in [0.2, 0.25) is 5.02 Å². The number of alkyl halides is 3. The molecule has 0 saturated heterocycles. The summed E-state index contributed by atoms with van der Waals surface area (Å²) in [7, 11) is 1.01. The minimum Gasteiger partial charge on any atom is -0.464 e. The van der Waals surface area contributed by atoms with Crippen molar-refractivity contribution in [3.63, 3.8) is 0 Å². The van der Waals surface area contributed by atoms with Gasteiger partial charge in [-0.05, 0) is 0 Å². The molecule has 0 aliphatic rings. The second-order valence-electron chi connectivity index (χ2n) is 2.25. The van der Waals surface area contributed by atoms with Crippen molar-refractivity contribution in [2.75, 3.05) is 7.11 Å². The molecule has 4 nitrogen and oxygen atoms in total. The van der Waals surface area contributed by atoms with Crippen molar-refractivity contribution >= 4 is 17.6 Å². The van der Waals surface area contributed by atoms with E-state index in [1.807, 2.05) is 0 Å². The number of nitrogens with one attached hydrogen (secondary N) is 1. The third-order valence-corrected chi connectivity index (χ3v) is 1.74. The van der Waals surface area contributed by atoms with Gasteiger partial charge in [0.15, 0.2) is 11.4 Å². The average molecular weight is 229 g/mol. The van der Waals surface area contributed by atoms with Gasteiger partial charge in [-0.15, -0.1) is 0 Å². The van der Waals surface area contributed by atoms with Crippen LogP contribution in [0.1, 0.15) is 16.2 Å². The molecule has 78 valence electrons. The normalized spacial score (nSPS) is 11.5. The Kier molecular flexibility index (Phi) is 2.70. The Balaban J connectivity index is 3.15. The van der Waals surface area contributed by atoms with E-state index in [1.165, 1.54) is 0 Å². The molecular weight excluding hydrogens is 225 g/mol. The number of rotatable bonds is 1. The number of carbonyl (C=O) groups excluding carboxylic acids is 1. The third-order valence-electron chi connectivity index (χ3n) is 1.37. The molecule has 0 unspecified atom stereocenters. The molecule has 0 spiro atoms. The molecule has 0 fully saturated rings. The lowest BCUT2D eigenvalue weighted by Gasteiger charge is -2.02. The number of carbonyl (C=O) groups is 1. The summed E-state index contributed by atoms with van der Waals surface area (Å²) in [6.07, 6.45) is -4.67. The molecular formula is C6H4ClF3N2O2. The third kappa shape index (κ3) is 1.82. The Bertz CT molecular complexity index is 360. The van der Waals surface area contributed by atoms with Crippen LogP contribution < -0.4 is 0 Å². The zero-order valence-electron chi connectivity index (χ0n) is 6.78. The molecule has 14 heavy (non-hydrogen) atoms. The van der Waals surface area contributed by atoms with Gasteiger partial charge in [0.05, 0.1) is 7.11 Å². The van der Waals surface area contributed by atoms with Crippen LogP contribution in [0.5, 0.6) is 0 Å². The molecule has 0 radical (unpaired) electrons. The highest BCUT2D eigenvalue weighted by Crippen LogP contribution is 2.34. The number of esters is 1. The minimum atomic E-state index is -4.67. The van der Waals surface area contributed by atoms with Gasteiger partial charge in [0.25, 0.3) is 0 Å². The van der Waals surface area contributed by atoms with E-state index in [0.717, 1.165) is 7.11 Å². The fourth-order valence-corrected chi connectivity index (χ4v) is 1.02. The number of aromatic amines is 1. The predicted octanol–water partition coefficient (Wildman–Crippen LogP) is 1.87. The molecule has 0 saturated carbocycles. The maximum absolute atomic E-state index is 12.1. The first-order valence-electron chi connectivity index (χ1n) is 3.27. The average Bonchev–Trinajstić information content (AvgIpc) is 2.45. The summed E-state index contributed by atoms with van der Waals surface area (Å²) in [5, 5.41) is 3.94. The topological polar surface area (TPSA) is 55.0 Å². The van der Waals surface area contributed by atoms with Crippen LogP contribution >= 0.6 is 11.6 Å². The van der Waals surface area contributed by atoms with Crippen molar-refractivity contribution in [3.8, 4) is 0 Å². The number of hydrogen-bond donors (Lipinski definition) is 1. The smallest absolute Gasteiger partial charge is 0.434 e. The Labute approximate surface area is 81.0 Å². The molecule has 1 N–H and O–H groups in total. The van der Waals surface area contributed by atoms with Gasteiger partial charge < -0.3 is 4.74 Å².